The van der Waals surface area contributed by atoms with E-state index in [1.54, 1.807) is 18.2 Å². The van der Waals surface area contributed by atoms with Crippen molar-refractivity contribution in [1.82, 2.24) is 0 Å². The van der Waals surface area contributed by atoms with E-state index in [0.29, 0.717) is 10.7 Å². The van der Waals surface area contributed by atoms with Crippen molar-refractivity contribution in [2.24, 2.45) is 0 Å². The van der Waals surface area contributed by atoms with Gasteiger partial charge in [-0.15, -0.1) is 0 Å². The molecule has 1 nitrogen and oxygen atoms in total. The zero-order valence-corrected chi connectivity index (χ0v) is 9.74. The molecule has 0 heterocycles. The quantitative estimate of drug-likeness (QED) is 0.878. The van der Waals surface area contributed by atoms with E-state index in [9.17, 15) is 8.78 Å². The van der Waals surface area contributed by atoms with E-state index in [1.807, 2.05) is 0 Å². The number of rotatable bonds is 3. The summed E-state index contributed by atoms with van der Waals surface area (Å²) in [6, 6.07) is 4.10. The lowest BCUT2D eigenvalue weighted by Gasteiger charge is -2.15. The van der Waals surface area contributed by atoms with Crippen LogP contribution in [0.25, 0.3) is 0 Å². The number of hydrogen-bond donors (Lipinski definition) is 1. The Balaban J connectivity index is 2.80. The number of halogens is 4. The highest BCUT2D eigenvalue weighted by Crippen LogP contribution is 2.27. The third-order valence-electron chi connectivity index (χ3n) is 1.69. The van der Waals surface area contributed by atoms with Gasteiger partial charge >= 0.3 is 0 Å². The van der Waals surface area contributed by atoms with Gasteiger partial charge in [-0.05, 0) is 41.1 Å². The molecule has 1 atom stereocenters. The van der Waals surface area contributed by atoms with Gasteiger partial charge in [0, 0.05) is 9.50 Å². The molecule has 0 radical (unpaired) electrons. The van der Waals surface area contributed by atoms with Crippen molar-refractivity contribution >= 4 is 33.2 Å². The topological polar surface area (TPSA) is 12.0 Å². The summed E-state index contributed by atoms with van der Waals surface area (Å²) in [6.07, 6.45) is -2.40. The highest BCUT2D eigenvalue weighted by Gasteiger charge is 2.15. The van der Waals surface area contributed by atoms with Gasteiger partial charge in [0.25, 0.3) is 6.43 Å². The van der Waals surface area contributed by atoms with Crippen molar-refractivity contribution in [1.29, 1.82) is 0 Å². The summed E-state index contributed by atoms with van der Waals surface area (Å²) in [7, 11) is 0. The average molecular weight is 285 g/mol. The first kappa shape index (κ1) is 11.7. The van der Waals surface area contributed by atoms with Crippen LogP contribution >= 0.6 is 27.5 Å². The van der Waals surface area contributed by atoms with Crippen molar-refractivity contribution in [3.8, 4) is 0 Å². The third-order valence-corrected chi connectivity index (χ3v) is 2.62. The van der Waals surface area contributed by atoms with Crippen molar-refractivity contribution in [2.75, 3.05) is 5.32 Å². The van der Waals surface area contributed by atoms with Gasteiger partial charge in [0.1, 0.15) is 0 Å². The average Bonchev–Trinajstić information content (AvgIpc) is 2.11. The Bertz CT molecular complexity index is 320. The van der Waals surface area contributed by atoms with Gasteiger partial charge in [0.15, 0.2) is 0 Å². The molecule has 1 unspecified atom stereocenters. The predicted molar refractivity (Wildman–Crippen MR) is 58.2 cm³/mol. The van der Waals surface area contributed by atoms with E-state index in [1.165, 1.54) is 6.92 Å². The van der Waals surface area contributed by atoms with Crippen LogP contribution in [0.4, 0.5) is 14.5 Å². The molecule has 0 aliphatic carbocycles. The number of alkyl halides is 2. The lowest BCUT2D eigenvalue weighted by molar-refractivity contribution is 0.130. The zero-order valence-electron chi connectivity index (χ0n) is 7.40. The fraction of sp³-hybridized carbons (Fsp3) is 0.333. The van der Waals surface area contributed by atoms with Crippen LogP contribution in [0.3, 0.4) is 0 Å². The van der Waals surface area contributed by atoms with Crippen LogP contribution in [-0.2, 0) is 0 Å². The Kier molecular flexibility index (Phi) is 4.13. The van der Waals surface area contributed by atoms with Crippen LogP contribution in [0.15, 0.2) is 22.7 Å². The Morgan fingerprint density at radius 1 is 1.43 bits per heavy atom. The summed E-state index contributed by atoms with van der Waals surface area (Å²) in [6.45, 7) is 1.41. The minimum absolute atomic E-state index is 0.511. The van der Waals surface area contributed by atoms with Crippen LogP contribution in [0, 0.1) is 0 Å². The first-order chi connectivity index (χ1) is 6.50. The molecule has 5 heteroatoms. The summed E-state index contributed by atoms with van der Waals surface area (Å²) in [5.41, 5.74) is 0.574. The molecule has 0 saturated heterocycles. The number of anilines is 1. The molecular formula is C9H9BrClF2N. The molecule has 1 N–H and O–H groups in total. The van der Waals surface area contributed by atoms with E-state index in [2.05, 4.69) is 21.2 Å². The van der Waals surface area contributed by atoms with Crippen LogP contribution in [0.2, 0.25) is 5.02 Å². The minimum Gasteiger partial charge on any atom is -0.376 e. The fourth-order valence-corrected chi connectivity index (χ4v) is 1.45. The Morgan fingerprint density at radius 2 is 2.07 bits per heavy atom. The SMILES string of the molecule is CC(Nc1cc(Cl)ccc1Br)C(F)F. The molecule has 0 amide bonds. The standard InChI is InChI=1S/C9H9BrClF2N/c1-5(9(12)13)14-8-4-6(11)2-3-7(8)10/h2-5,9,14H,1H3. The van der Waals surface area contributed by atoms with E-state index < -0.39 is 12.5 Å². The van der Waals surface area contributed by atoms with Gasteiger partial charge in [0.2, 0.25) is 0 Å². The lowest BCUT2D eigenvalue weighted by Crippen LogP contribution is -2.23. The van der Waals surface area contributed by atoms with Crippen LogP contribution in [-0.4, -0.2) is 12.5 Å². The highest BCUT2D eigenvalue weighted by molar-refractivity contribution is 9.10. The molecule has 0 saturated carbocycles. The molecule has 1 aromatic rings. The summed E-state index contributed by atoms with van der Waals surface area (Å²) < 4.78 is 25.2. The predicted octanol–water partition coefficient (Wildman–Crippen LogP) is 4.17. The van der Waals surface area contributed by atoms with Crippen LogP contribution < -0.4 is 5.32 Å². The fourth-order valence-electron chi connectivity index (χ4n) is 0.916. The molecule has 1 rings (SSSR count). The van der Waals surface area contributed by atoms with Gasteiger partial charge in [-0.3, -0.25) is 0 Å². The van der Waals surface area contributed by atoms with E-state index in [0.717, 1.165) is 4.47 Å². The van der Waals surface area contributed by atoms with Crippen molar-refractivity contribution in [3.63, 3.8) is 0 Å². The molecule has 78 valence electrons. The zero-order chi connectivity index (χ0) is 10.7. The van der Waals surface area contributed by atoms with Crippen LogP contribution in [0.1, 0.15) is 6.92 Å². The van der Waals surface area contributed by atoms with Gasteiger partial charge in [-0.1, -0.05) is 11.6 Å². The van der Waals surface area contributed by atoms with Gasteiger partial charge in [0.05, 0.1) is 11.7 Å². The van der Waals surface area contributed by atoms with Gasteiger partial charge in [-0.2, -0.15) is 0 Å². The third kappa shape index (κ3) is 3.10. The Labute approximate surface area is 94.6 Å². The first-order valence-corrected chi connectivity index (χ1v) is 5.17. The number of hydrogen-bond acceptors (Lipinski definition) is 1. The molecule has 0 spiro atoms. The van der Waals surface area contributed by atoms with Gasteiger partial charge < -0.3 is 5.32 Å². The molecule has 0 aliphatic heterocycles. The lowest BCUT2D eigenvalue weighted by atomic mass is 10.3. The number of benzene rings is 1. The second kappa shape index (κ2) is 4.94. The normalized spacial score (nSPS) is 13.0. The monoisotopic (exact) mass is 283 g/mol. The van der Waals surface area contributed by atoms with E-state index >= 15 is 0 Å². The smallest absolute Gasteiger partial charge is 0.258 e. The summed E-state index contributed by atoms with van der Waals surface area (Å²) in [4.78, 5) is 0. The van der Waals surface area contributed by atoms with Crippen molar-refractivity contribution in [2.45, 2.75) is 19.4 Å². The Hall–Kier alpha value is -0.350. The van der Waals surface area contributed by atoms with Crippen molar-refractivity contribution < 1.29 is 8.78 Å². The maximum atomic E-state index is 12.2. The largest absolute Gasteiger partial charge is 0.376 e. The van der Waals surface area contributed by atoms with E-state index in [4.69, 9.17) is 11.6 Å². The van der Waals surface area contributed by atoms with Crippen LogP contribution in [0.5, 0.6) is 0 Å². The molecule has 0 aromatic heterocycles. The minimum atomic E-state index is -2.40. The summed E-state index contributed by atoms with van der Waals surface area (Å²) in [5.74, 6) is 0. The summed E-state index contributed by atoms with van der Waals surface area (Å²) >= 11 is 8.97. The molecule has 1 aromatic carbocycles. The van der Waals surface area contributed by atoms with Gasteiger partial charge in [-0.25, -0.2) is 8.78 Å². The second-order valence-corrected chi connectivity index (χ2v) is 4.18. The maximum absolute atomic E-state index is 12.2. The molecule has 0 bridgehead atoms. The second-order valence-electron chi connectivity index (χ2n) is 2.89. The molecule has 0 fully saturated rings. The molecule has 0 aliphatic rings. The first-order valence-electron chi connectivity index (χ1n) is 4.00. The van der Waals surface area contributed by atoms with E-state index in [-0.39, 0.29) is 0 Å². The van der Waals surface area contributed by atoms with Crippen molar-refractivity contribution in [3.05, 3.63) is 27.7 Å². The molecular weight excluding hydrogens is 275 g/mol. The number of nitrogens with one attached hydrogen (secondary N) is 1. The Morgan fingerprint density at radius 3 is 2.64 bits per heavy atom. The maximum Gasteiger partial charge on any atom is 0.258 e. The highest BCUT2D eigenvalue weighted by atomic mass is 79.9. The molecule has 14 heavy (non-hydrogen) atoms. The summed E-state index contributed by atoms with van der Waals surface area (Å²) in [5, 5.41) is 3.18.